The fraction of sp³-hybridized carbons (Fsp3) is 0.400. The second-order valence-electron chi connectivity index (χ2n) is 2.00. The molecule has 0 radical (unpaired) electrons. The van der Waals surface area contributed by atoms with Crippen molar-refractivity contribution in [2.75, 3.05) is 0 Å². The minimum absolute atomic E-state index is 0.800. The van der Waals surface area contributed by atoms with Gasteiger partial charge in [0.05, 0.1) is 0 Å². The number of aliphatic imine (C=N–C) groups is 1. The molecule has 3 N–H and O–H groups in total. The van der Waals surface area contributed by atoms with E-state index in [1.54, 1.807) is 0 Å². The minimum Gasteiger partial charge on any atom is -0.478 e. The van der Waals surface area contributed by atoms with E-state index in [9.17, 15) is 9.59 Å². The van der Waals surface area contributed by atoms with Crippen LogP contribution in [0.2, 0.25) is 0 Å². The topological polar surface area (TPSA) is 102 Å². The molecule has 0 fully saturated rings. The van der Waals surface area contributed by atoms with Gasteiger partial charge in [-0.25, -0.2) is 9.79 Å². The zero-order valence-electron chi connectivity index (χ0n) is 5.43. The highest BCUT2D eigenvalue weighted by Crippen LogP contribution is 2.08. The minimum atomic E-state index is -1.26. The molecule has 0 aromatic heterocycles. The van der Waals surface area contributed by atoms with Gasteiger partial charge in [-0.2, -0.15) is 0 Å². The second kappa shape index (κ2) is 2.57. The van der Waals surface area contributed by atoms with Gasteiger partial charge in [-0.3, -0.25) is 4.79 Å². The Hall–Kier alpha value is -1.59. The van der Waals surface area contributed by atoms with Gasteiger partial charge in [0.1, 0.15) is 0 Å². The number of amides is 1. The van der Waals surface area contributed by atoms with E-state index in [1.165, 1.54) is 0 Å². The molecule has 1 aliphatic heterocycles. The molecule has 1 heterocycles. The quantitative estimate of drug-likeness (QED) is 0.502. The van der Waals surface area contributed by atoms with E-state index >= 15 is 0 Å². The first-order valence-electron chi connectivity index (χ1n) is 2.82. The molecule has 0 spiro atoms. The molecule has 0 aromatic rings. The Bertz CT molecular complexity index is 225. The Kier molecular flexibility index (Phi) is 1.75. The summed E-state index contributed by atoms with van der Waals surface area (Å²) in [5, 5.41) is 8.42. The summed E-state index contributed by atoms with van der Waals surface area (Å²) in [5.74, 6) is -2.04. The van der Waals surface area contributed by atoms with E-state index in [1.807, 2.05) is 0 Å². The largest absolute Gasteiger partial charge is 0.478 e. The number of primary amides is 1. The lowest BCUT2D eigenvalue weighted by molar-refractivity contribution is -0.147. The number of carboxylic acids is 1. The molecular formula is C5H6N2O4. The molecule has 60 valence electrons. The molecule has 6 nitrogen and oxygen atoms in total. The number of hydrogen-bond acceptors (Lipinski definition) is 4. The van der Waals surface area contributed by atoms with Crippen molar-refractivity contribution in [3.8, 4) is 0 Å². The highest BCUT2D eigenvalue weighted by Gasteiger charge is 2.36. The van der Waals surface area contributed by atoms with E-state index in [0.29, 0.717) is 0 Å². The summed E-state index contributed by atoms with van der Waals surface area (Å²) in [4.78, 5) is 24.2. The van der Waals surface area contributed by atoms with Crippen LogP contribution in [0.25, 0.3) is 0 Å². The Morgan fingerprint density at radius 2 is 2.27 bits per heavy atom. The van der Waals surface area contributed by atoms with Crippen molar-refractivity contribution in [1.82, 2.24) is 0 Å². The normalized spacial score (nSPS) is 28.0. The van der Waals surface area contributed by atoms with Gasteiger partial charge in [0, 0.05) is 0 Å². The Morgan fingerprint density at radius 3 is 2.64 bits per heavy atom. The molecule has 11 heavy (non-hydrogen) atoms. The third-order valence-corrected chi connectivity index (χ3v) is 1.25. The lowest BCUT2D eigenvalue weighted by Gasteiger charge is -2.07. The molecule has 0 aliphatic carbocycles. The summed E-state index contributed by atoms with van der Waals surface area (Å²) in [6.45, 7) is 0. The Balaban J connectivity index is 2.71. The van der Waals surface area contributed by atoms with Gasteiger partial charge in [0.25, 0.3) is 0 Å². The number of rotatable bonds is 2. The molecule has 1 rings (SSSR count). The summed E-state index contributed by atoms with van der Waals surface area (Å²) in [6, 6.07) is -1.09. The smallest absolute Gasteiger partial charge is 0.347 e. The van der Waals surface area contributed by atoms with Crippen LogP contribution in [0.4, 0.5) is 0 Å². The predicted molar refractivity (Wildman–Crippen MR) is 34.0 cm³/mol. The maximum absolute atomic E-state index is 10.5. The highest BCUT2D eigenvalue weighted by atomic mass is 16.5. The number of nitrogens with two attached hydrogens (primary N) is 1. The molecule has 0 saturated heterocycles. The van der Waals surface area contributed by atoms with Crippen LogP contribution in [0.3, 0.4) is 0 Å². The van der Waals surface area contributed by atoms with Crippen molar-refractivity contribution in [3.63, 3.8) is 0 Å². The van der Waals surface area contributed by atoms with Crippen LogP contribution in [0.1, 0.15) is 0 Å². The molecule has 1 aliphatic rings. The van der Waals surface area contributed by atoms with Crippen molar-refractivity contribution < 1.29 is 19.4 Å². The Morgan fingerprint density at radius 1 is 1.64 bits per heavy atom. The first-order chi connectivity index (χ1) is 5.13. The molecule has 0 aromatic carbocycles. The van der Waals surface area contributed by atoms with Crippen LogP contribution < -0.4 is 5.73 Å². The van der Waals surface area contributed by atoms with E-state index in [2.05, 4.69) is 9.73 Å². The molecule has 1 amide bonds. The third-order valence-electron chi connectivity index (χ3n) is 1.25. The maximum Gasteiger partial charge on any atom is 0.347 e. The van der Waals surface area contributed by atoms with Gasteiger partial charge in [-0.1, -0.05) is 0 Å². The summed E-state index contributed by atoms with van der Waals surface area (Å²) < 4.78 is 4.50. The summed E-state index contributed by atoms with van der Waals surface area (Å²) in [7, 11) is 0. The molecular weight excluding hydrogens is 152 g/mol. The number of carboxylic acid groups (broad SMARTS) is 1. The summed E-state index contributed by atoms with van der Waals surface area (Å²) in [6.07, 6.45) is -0.332. The van der Waals surface area contributed by atoms with E-state index in [4.69, 9.17) is 10.8 Å². The number of carbonyl (C=O) groups is 2. The van der Waals surface area contributed by atoms with Crippen molar-refractivity contribution in [2.45, 2.75) is 12.1 Å². The van der Waals surface area contributed by atoms with Gasteiger partial charge in [0.15, 0.2) is 12.4 Å². The average molecular weight is 158 g/mol. The van der Waals surface area contributed by atoms with Gasteiger partial charge in [-0.15, -0.1) is 0 Å². The monoisotopic (exact) mass is 158 g/mol. The number of carbonyl (C=O) groups excluding carboxylic acids is 1. The standard InChI is InChI=1S/C5H6N2O4/c6-4(8)2-3(5(9)10)11-1-7-2/h1-3H,(H2,6,8)(H,9,10). The molecule has 0 saturated carbocycles. The van der Waals surface area contributed by atoms with Crippen LogP contribution in [0, 0.1) is 0 Å². The van der Waals surface area contributed by atoms with E-state index < -0.39 is 24.0 Å². The van der Waals surface area contributed by atoms with Crippen LogP contribution in [-0.4, -0.2) is 35.5 Å². The molecule has 6 heteroatoms. The number of ether oxygens (including phenoxy) is 1. The maximum atomic E-state index is 10.5. The highest BCUT2D eigenvalue weighted by molar-refractivity contribution is 5.90. The van der Waals surface area contributed by atoms with Crippen molar-refractivity contribution >= 4 is 18.3 Å². The summed E-state index contributed by atoms with van der Waals surface area (Å²) >= 11 is 0. The van der Waals surface area contributed by atoms with Gasteiger partial charge in [-0.05, 0) is 0 Å². The fourth-order valence-electron chi connectivity index (χ4n) is 0.735. The molecule has 2 unspecified atom stereocenters. The number of aliphatic carboxylic acids is 1. The zero-order chi connectivity index (χ0) is 8.43. The molecule has 0 bridgehead atoms. The average Bonchev–Trinajstić information content (AvgIpc) is 2.32. The van der Waals surface area contributed by atoms with Crippen molar-refractivity contribution in [3.05, 3.63) is 0 Å². The molecule has 2 atom stereocenters. The predicted octanol–water partition coefficient (Wildman–Crippen LogP) is -1.65. The third kappa shape index (κ3) is 1.28. The fourth-order valence-corrected chi connectivity index (χ4v) is 0.735. The van der Waals surface area contributed by atoms with Crippen LogP contribution in [0.5, 0.6) is 0 Å². The van der Waals surface area contributed by atoms with Gasteiger partial charge in [0.2, 0.25) is 12.0 Å². The van der Waals surface area contributed by atoms with E-state index in [-0.39, 0.29) is 0 Å². The van der Waals surface area contributed by atoms with Gasteiger partial charge < -0.3 is 15.6 Å². The van der Waals surface area contributed by atoms with Crippen LogP contribution >= 0.6 is 0 Å². The number of hydrogen-bond donors (Lipinski definition) is 2. The van der Waals surface area contributed by atoms with Crippen molar-refractivity contribution in [2.24, 2.45) is 10.7 Å². The van der Waals surface area contributed by atoms with Crippen molar-refractivity contribution in [1.29, 1.82) is 0 Å². The first kappa shape index (κ1) is 7.52. The SMILES string of the molecule is NC(=O)C1N=COC1C(=O)O. The lowest BCUT2D eigenvalue weighted by Crippen LogP contribution is -2.40. The van der Waals surface area contributed by atoms with Crippen LogP contribution in [-0.2, 0) is 14.3 Å². The summed E-state index contributed by atoms with van der Waals surface area (Å²) in [5.41, 5.74) is 4.83. The first-order valence-corrected chi connectivity index (χ1v) is 2.82. The van der Waals surface area contributed by atoms with Crippen LogP contribution in [0.15, 0.2) is 4.99 Å². The lowest BCUT2D eigenvalue weighted by atomic mass is 10.2. The van der Waals surface area contributed by atoms with E-state index in [0.717, 1.165) is 6.40 Å². The second-order valence-corrected chi connectivity index (χ2v) is 2.00. The number of nitrogens with zero attached hydrogens (tertiary/aromatic N) is 1. The Labute approximate surface area is 61.7 Å². The van der Waals surface area contributed by atoms with Gasteiger partial charge >= 0.3 is 5.97 Å². The zero-order valence-corrected chi connectivity index (χ0v) is 5.43.